The van der Waals surface area contributed by atoms with Crippen LogP contribution in [0.3, 0.4) is 0 Å². The van der Waals surface area contributed by atoms with Crippen molar-refractivity contribution in [2.75, 3.05) is 32.8 Å². The summed E-state index contributed by atoms with van der Waals surface area (Å²) in [6.45, 7) is 20.8. The standard InChI is InChI=1S/C32H52N4O5Si/c1-30(2,3)41-28(37)24-35(19-21-40-42(8,9)31(4,5)6)29(38)25-22-34-36(23-25)26-12-14-27(15-13-26)39-20-11-17-32(7)16-10-18-33-32/h12-15,22-23,33H,10-11,16-21,24H2,1-9H3/t32-/m1/s1. The zero-order chi connectivity index (χ0) is 31.2. The molecular weight excluding hydrogens is 548 g/mol. The average molecular weight is 601 g/mol. The Kier molecular flexibility index (Phi) is 11.1. The van der Waals surface area contributed by atoms with Crippen LogP contribution in [0.1, 0.15) is 84.5 Å². The van der Waals surface area contributed by atoms with Crippen molar-refractivity contribution in [3.63, 3.8) is 0 Å². The van der Waals surface area contributed by atoms with Gasteiger partial charge in [0.2, 0.25) is 0 Å². The summed E-state index contributed by atoms with van der Waals surface area (Å²) in [7, 11) is -2.01. The van der Waals surface area contributed by atoms with E-state index in [2.05, 4.69) is 51.2 Å². The molecule has 234 valence electrons. The highest BCUT2D eigenvalue weighted by Gasteiger charge is 2.37. The van der Waals surface area contributed by atoms with E-state index in [1.807, 2.05) is 45.0 Å². The summed E-state index contributed by atoms with van der Waals surface area (Å²) < 4.78 is 19.4. The first-order chi connectivity index (χ1) is 19.5. The third kappa shape index (κ3) is 9.95. The van der Waals surface area contributed by atoms with E-state index in [0.29, 0.717) is 18.8 Å². The number of nitrogens with one attached hydrogen (secondary N) is 1. The predicted octanol–water partition coefficient (Wildman–Crippen LogP) is 5.98. The van der Waals surface area contributed by atoms with Crippen molar-refractivity contribution in [3.8, 4) is 11.4 Å². The van der Waals surface area contributed by atoms with Crippen molar-refractivity contribution >= 4 is 20.2 Å². The van der Waals surface area contributed by atoms with E-state index in [-0.39, 0.29) is 29.6 Å². The van der Waals surface area contributed by atoms with Crippen molar-refractivity contribution < 1.29 is 23.5 Å². The maximum absolute atomic E-state index is 13.6. The van der Waals surface area contributed by atoms with Crippen molar-refractivity contribution in [3.05, 3.63) is 42.2 Å². The molecule has 0 saturated carbocycles. The Balaban J connectivity index is 1.62. The van der Waals surface area contributed by atoms with Crippen molar-refractivity contribution in [1.29, 1.82) is 0 Å². The molecule has 1 aromatic heterocycles. The lowest BCUT2D eigenvalue weighted by molar-refractivity contribution is -0.155. The van der Waals surface area contributed by atoms with Crippen LogP contribution >= 0.6 is 0 Å². The third-order valence-electron chi connectivity index (χ3n) is 8.19. The fraction of sp³-hybridized carbons (Fsp3) is 0.656. The van der Waals surface area contributed by atoms with Gasteiger partial charge in [-0.15, -0.1) is 0 Å². The molecule has 9 nitrogen and oxygen atoms in total. The van der Waals surface area contributed by atoms with Gasteiger partial charge in [-0.2, -0.15) is 5.10 Å². The Morgan fingerprint density at radius 1 is 1.10 bits per heavy atom. The summed E-state index contributed by atoms with van der Waals surface area (Å²) in [5, 5.41) is 8.05. The highest BCUT2D eigenvalue weighted by molar-refractivity contribution is 6.74. The SMILES string of the molecule is CC(C)(C)OC(=O)CN(CCO[Si](C)(C)C(C)(C)C)C(=O)c1cnn(-c2ccc(OCCC[C@@]3(C)CCCN3)cc2)c1. The second-order valence-corrected chi connectivity index (χ2v) is 18.9. The average Bonchev–Trinajstić information content (AvgIpc) is 3.54. The molecule has 2 aromatic rings. The Hall–Kier alpha value is -2.69. The van der Waals surface area contributed by atoms with Crippen LogP contribution in [-0.4, -0.2) is 78.9 Å². The molecule has 1 amide bonds. The topological polar surface area (TPSA) is 94.9 Å². The zero-order valence-corrected chi connectivity index (χ0v) is 28.2. The quantitative estimate of drug-likeness (QED) is 0.172. The summed E-state index contributed by atoms with van der Waals surface area (Å²) in [6, 6.07) is 7.67. The molecule has 3 rings (SSSR count). The number of hydrogen-bond acceptors (Lipinski definition) is 7. The minimum Gasteiger partial charge on any atom is -0.494 e. The number of benzene rings is 1. The summed E-state index contributed by atoms with van der Waals surface area (Å²) in [5.41, 5.74) is 0.794. The summed E-state index contributed by atoms with van der Waals surface area (Å²) >= 11 is 0. The number of amides is 1. The largest absolute Gasteiger partial charge is 0.494 e. The van der Waals surface area contributed by atoms with E-state index in [1.54, 1.807) is 10.9 Å². The van der Waals surface area contributed by atoms with Crippen molar-refractivity contribution in [2.45, 2.75) is 103 Å². The Morgan fingerprint density at radius 3 is 2.38 bits per heavy atom. The molecule has 2 heterocycles. The maximum Gasteiger partial charge on any atom is 0.326 e. The summed E-state index contributed by atoms with van der Waals surface area (Å²) in [4.78, 5) is 27.7. The molecule has 0 aliphatic carbocycles. The molecule has 1 aromatic carbocycles. The van der Waals surface area contributed by atoms with Crippen LogP contribution in [0.2, 0.25) is 18.1 Å². The lowest BCUT2D eigenvalue weighted by Crippen LogP contribution is -2.45. The minimum atomic E-state index is -2.01. The van der Waals surface area contributed by atoms with E-state index in [0.717, 1.165) is 30.8 Å². The minimum absolute atomic E-state index is 0.0417. The molecule has 1 saturated heterocycles. The van der Waals surface area contributed by atoms with Crippen LogP contribution in [0.25, 0.3) is 5.69 Å². The molecule has 1 atom stereocenters. The molecule has 0 radical (unpaired) electrons. The highest BCUT2D eigenvalue weighted by Crippen LogP contribution is 2.36. The van der Waals surface area contributed by atoms with Gasteiger partial charge in [0, 0.05) is 18.3 Å². The second kappa shape index (κ2) is 13.7. The van der Waals surface area contributed by atoms with E-state index >= 15 is 0 Å². The van der Waals surface area contributed by atoms with Gasteiger partial charge in [-0.05, 0) is 102 Å². The van der Waals surface area contributed by atoms with Gasteiger partial charge in [-0.1, -0.05) is 20.8 Å². The Labute approximate surface area is 253 Å². The van der Waals surface area contributed by atoms with Crippen molar-refractivity contribution in [1.82, 2.24) is 20.0 Å². The number of esters is 1. The molecular formula is C32H52N4O5Si. The van der Waals surface area contributed by atoms with Crippen LogP contribution < -0.4 is 10.1 Å². The molecule has 1 N–H and O–H groups in total. The molecule has 1 fully saturated rings. The first kappa shape index (κ1) is 33.8. The van der Waals surface area contributed by atoms with Gasteiger partial charge < -0.3 is 24.1 Å². The lowest BCUT2D eigenvalue weighted by atomic mass is 9.94. The summed E-state index contributed by atoms with van der Waals surface area (Å²) in [6.07, 6.45) is 7.77. The van der Waals surface area contributed by atoms with Gasteiger partial charge in [-0.25, -0.2) is 4.68 Å². The van der Waals surface area contributed by atoms with Crippen LogP contribution in [-0.2, 0) is 14.0 Å². The lowest BCUT2D eigenvalue weighted by Gasteiger charge is -2.36. The number of nitrogens with zero attached hydrogens (tertiary/aromatic N) is 3. The predicted molar refractivity (Wildman–Crippen MR) is 169 cm³/mol. The van der Waals surface area contributed by atoms with Gasteiger partial charge >= 0.3 is 5.97 Å². The summed E-state index contributed by atoms with van der Waals surface area (Å²) in [5.74, 6) is 0.0492. The molecule has 10 heteroatoms. The number of rotatable bonds is 13. The molecule has 0 bridgehead atoms. The number of aromatic nitrogens is 2. The first-order valence-corrected chi connectivity index (χ1v) is 18.1. The normalized spacial score (nSPS) is 17.7. The number of carbonyl (C=O) groups excluding carboxylic acids is 2. The van der Waals surface area contributed by atoms with E-state index < -0.39 is 19.9 Å². The van der Waals surface area contributed by atoms with Crippen molar-refractivity contribution in [2.24, 2.45) is 0 Å². The second-order valence-electron chi connectivity index (χ2n) is 14.1. The fourth-order valence-corrected chi connectivity index (χ4v) is 5.72. The van der Waals surface area contributed by atoms with E-state index in [4.69, 9.17) is 13.9 Å². The zero-order valence-electron chi connectivity index (χ0n) is 27.2. The van der Waals surface area contributed by atoms with Gasteiger partial charge in [0.1, 0.15) is 17.9 Å². The van der Waals surface area contributed by atoms with E-state index in [9.17, 15) is 9.59 Å². The third-order valence-corrected chi connectivity index (χ3v) is 12.7. The number of carbonyl (C=O) groups is 2. The Bertz CT molecular complexity index is 1170. The van der Waals surface area contributed by atoms with Crippen LogP contribution in [0.4, 0.5) is 0 Å². The van der Waals surface area contributed by atoms with E-state index in [1.165, 1.54) is 23.9 Å². The smallest absolute Gasteiger partial charge is 0.326 e. The van der Waals surface area contributed by atoms with Gasteiger partial charge in [-0.3, -0.25) is 9.59 Å². The van der Waals surface area contributed by atoms with Crippen LogP contribution in [0, 0.1) is 0 Å². The molecule has 42 heavy (non-hydrogen) atoms. The fourth-order valence-electron chi connectivity index (χ4n) is 4.68. The molecule has 0 unspecified atom stereocenters. The molecule has 1 aliphatic rings. The van der Waals surface area contributed by atoms with Crippen LogP contribution in [0.15, 0.2) is 36.7 Å². The van der Waals surface area contributed by atoms with Gasteiger partial charge in [0.15, 0.2) is 8.32 Å². The maximum atomic E-state index is 13.6. The molecule has 0 spiro atoms. The first-order valence-electron chi connectivity index (χ1n) is 15.2. The van der Waals surface area contributed by atoms with Gasteiger partial charge in [0.05, 0.1) is 30.7 Å². The monoisotopic (exact) mass is 600 g/mol. The van der Waals surface area contributed by atoms with Crippen LogP contribution in [0.5, 0.6) is 5.75 Å². The Morgan fingerprint density at radius 2 is 1.79 bits per heavy atom. The molecule has 1 aliphatic heterocycles. The van der Waals surface area contributed by atoms with Gasteiger partial charge in [0.25, 0.3) is 5.91 Å². The number of hydrogen-bond donors (Lipinski definition) is 1. The number of ether oxygens (including phenoxy) is 2. The highest BCUT2D eigenvalue weighted by atomic mass is 28.4.